The van der Waals surface area contributed by atoms with Crippen LogP contribution in [-0.2, 0) is 18.6 Å². The normalized spacial score (nSPS) is 18.3. The van der Waals surface area contributed by atoms with E-state index in [1.807, 2.05) is 42.0 Å². The number of rotatable bonds is 6. The fraction of sp³-hybridized carbons (Fsp3) is 0.444. The van der Waals surface area contributed by atoms with Crippen molar-refractivity contribution in [3.8, 4) is 5.69 Å². The third-order valence-electron chi connectivity index (χ3n) is 7.43. The highest BCUT2D eigenvalue weighted by atomic mass is 16.3. The van der Waals surface area contributed by atoms with Crippen molar-refractivity contribution in [2.75, 3.05) is 38.1 Å². The molecule has 1 N–H and O–H groups in total. The predicted octanol–water partition coefficient (Wildman–Crippen LogP) is 3.31. The quantitative estimate of drug-likeness (QED) is 0.631. The number of hydrogen-bond acceptors (Lipinski definition) is 4. The summed E-state index contributed by atoms with van der Waals surface area (Å²) in [6.45, 7) is 6.85. The van der Waals surface area contributed by atoms with Crippen LogP contribution in [0.25, 0.3) is 5.69 Å². The molecule has 2 aromatic carbocycles. The van der Waals surface area contributed by atoms with Crippen molar-refractivity contribution >= 4 is 5.69 Å². The van der Waals surface area contributed by atoms with Gasteiger partial charge in [-0.3, -0.25) is 9.13 Å². The summed E-state index contributed by atoms with van der Waals surface area (Å²) in [7, 11) is 2.17. The molecule has 3 aromatic rings. The molecular formula is C27H34N4O2. The van der Waals surface area contributed by atoms with Crippen molar-refractivity contribution in [2.45, 2.75) is 44.8 Å². The van der Waals surface area contributed by atoms with Gasteiger partial charge in [-0.05, 0) is 69.0 Å². The largest absolute Gasteiger partial charge is 0.385 e. The van der Waals surface area contributed by atoms with E-state index in [2.05, 4.69) is 41.1 Å². The SMILES string of the molecule is Cc1cn(CCc2ccccc2N2CCN(C)CC2)c(=O)n1-c1ccc(C2(O)CCC2)cc1. The molecule has 6 nitrogen and oxygen atoms in total. The van der Waals surface area contributed by atoms with Crippen LogP contribution in [0.5, 0.6) is 0 Å². The maximum absolute atomic E-state index is 13.2. The minimum atomic E-state index is -0.679. The van der Waals surface area contributed by atoms with Crippen molar-refractivity contribution in [3.05, 3.63) is 82.0 Å². The minimum absolute atomic E-state index is 0.0142. The van der Waals surface area contributed by atoms with Gasteiger partial charge in [-0.15, -0.1) is 0 Å². The predicted molar refractivity (Wildman–Crippen MR) is 132 cm³/mol. The number of hydrogen-bond donors (Lipinski definition) is 1. The number of likely N-dealkylation sites (N-methyl/N-ethyl adjacent to an activating group) is 1. The minimum Gasteiger partial charge on any atom is -0.385 e. The highest BCUT2D eigenvalue weighted by Crippen LogP contribution is 2.41. The summed E-state index contributed by atoms with van der Waals surface area (Å²) in [5, 5.41) is 10.6. The van der Waals surface area contributed by atoms with Gasteiger partial charge in [0, 0.05) is 50.3 Å². The second-order valence-corrected chi connectivity index (χ2v) is 9.68. The summed E-state index contributed by atoms with van der Waals surface area (Å²) < 4.78 is 3.59. The Hall–Kier alpha value is -2.83. The molecule has 1 saturated carbocycles. The van der Waals surface area contributed by atoms with E-state index in [0.717, 1.165) is 68.8 Å². The van der Waals surface area contributed by atoms with Gasteiger partial charge in [0.2, 0.25) is 0 Å². The number of aryl methyl sites for hydroxylation is 3. The van der Waals surface area contributed by atoms with Crippen LogP contribution >= 0.6 is 0 Å². The summed E-state index contributed by atoms with van der Waals surface area (Å²) in [4.78, 5) is 18.1. The maximum Gasteiger partial charge on any atom is 0.332 e. The molecule has 174 valence electrons. The zero-order valence-corrected chi connectivity index (χ0v) is 19.7. The molecule has 2 heterocycles. The third-order valence-corrected chi connectivity index (χ3v) is 7.43. The molecule has 1 saturated heterocycles. The molecule has 1 aromatic heterocycles. The van der Waals surface area contributed by atoms with E-state index in [-0.39, 0.29) is 5.69 Å². The number of piperazine rings is 1. The van der Waals surface area contributed by atoms with Gasteiger partial charge in [0.05, 0.1) is 11.3 Å². The van der Waals surface area contributed by atoms with Gasteiger partial charge in [0.1, 0.15) is 0 Å². The number of imidazole rings is 1. The molecule has 0 bridgehead atoms. The van der Waals surface area contributed by atoms with Gasteiger partial charge >= 0.3 is 5.69 Å². The van der Waals surface area contributed by atoms with Crippen LogP contribution in [0.3, 0.4) is 0 Å². The van der Waals surface area contributed by atoms with Crippen molar-refractivity contribution in [2.24, 2.45) is 0 Å². The fourth-order valence-corrected chi connectivity index (χ4v) is 5.13. The zero-order valence-electron chi connectivity index (χ0n) is 19.7. The summed E-state index contributed by atoms with van der Waals surface area (Å²) in [6.07, 6.45) is 5.47. The number of anilines is 1. The van der Waals surface area contributed by atoms with Gasteiger partial charge in [-0.1, -0.05) is 30.3 Å². The van der Waals surface area contributed by atoms with Crippen molar-refractivity contribution < 1.29 is 5.11 Å². The smallest absolute Gasteiger partial charge is 0.332 e. The molecule has 6 heteroatoms. The van der Waals surface area contributed by atoms with Crippen molar-refractivity contribution in [3.63, 3.8) is 0 Å². The highest BCUT2D eigenvalue weighted by molar-refractivity contribution is 5.54. The molecule has 0 spiro atoms. The lowest BCUT2D eigenvalue weighted by Crippen LogP contribution is -2.44. The van der Waals surface area contributed by atoms with Gasteiger partial charge in [0.15, 0.2) is 0 Å². The van der Waals surface area contributed by atoms with E-state index < -0.39 is 5.60 Å². The first-order chi connectivity index (χ1) is 15.9. The van der Waals surface area contributed by atoms with Gasteiger partial charge in [0.25, 0.3) is 0 Å². The molecule has 0 radical (unpaired) electrons. The van der Waals surface area contributed by atoms with E-state index in [0.29, 0.717) is 6.54 Å². The van der Waals surface area contributed by atoms with Crippen LogP contribution in [0.1, 0.15) is 36.1 Å². The first kappa shape index (κ1) is 22.0. The molecule has 2 aliphatic rings. The molecule has 0 amide bonds. The first-order valence-corrected chi connectivity index (χ1v) is 12.1. The number of para-hydroxylation sites is 1. The number of aliphatic hydroxyl groups is 1. The Labute approximate surface area is 195 Å². The van der Waals surface area contributed by atoms with Crippen LogP contribution in [0.2, 0.25) is 0 Å². The number of aromatic nitrogens is 2. The summed E-state index contributed by atoms with van der Waals surface area (Å²) in [6, 6.07) is 16.4. The molecular weight excluding hydrogens is 412 g/mol. The fourth-order valence-electron chi connectivity index (χ4n) is 5.13. The Morgan fingerprint density at radius 3 is 2.33 bits per heavy atom. The molecule has 33 heavy (non-hydrogen) atoms. The topological polar surface area (TPSA) is 53.6 Å². The van der Waals surface area contributed by atoms with Crippen LogP contribution in [0.15, 0.2) is 59.5 Å². The lowest BCUT2D eigenvalue weighted by molar-refractivity contribution is -0.0387. The molecule has 0 atom stereocenters. The lowest BCUT2D eigenvalue weighted by atomic mass is 9.75. The summed E-state index contributed by atoms with van der Waals surface area (Å²) in [5.41, 5.74) is 4.60. The molecule has 0 unspecified atom stereocenters. The van der Waals surface area contributed by atoms with Crippen LogP contribution in [0, 0.1) is 6.92 Å². The van der Waals surface area contributed by atoms with Crippen LogP contribution < -0.4 is 10.6 Å². The van der Waals surface area contributed by atoms with Gasteiger partial charge in [-0.2, -0.15) is 0 Å². The van der Waals surface area contributed by atoms with E-state index in [1.165, 1.54) is 11.3 Å². The van der Waals surface area contributed by atoms with Crippen LogP contribution in [0.4, 0.5) is 5.69 Å². The van der Waals surface area contributed by atoms with Gasteiger partial charge in [-0.25, -0.2) is 4.79 Å². The van der Waals surface area contributed by atoms with Crippen molar-refractivity contribution in [1.29, 1.82) is 0 Å². The Morgan fingerprint density at radius 2 is 1.67 bits per heavy atom. The van der Waals surface area contributed by atoms with Crippen LogP contribution in [-0.4, -0.2) is 52.4 Å². The number of nitrogens with zero attached hydrogens (tertiary/aromatic N) is 4. The van der Waals surface area contributed by atoms with E-state index in [4.69, 9.17) is 0 Å². The molecule has 2 fully saturated rings. The van der Waals surface area contributed by atoms with Crippen molar-refractivity contribution in [1.82, 2.24) is 14.0 Å². The summed E-state index contributed by atoms with van der Waals surface area (Å²) >= 11 is 0. The molecule has 5 rings (SSSR count). The van der Waals surface area contributed by atoms with E-state index >= 15 is 0 Å². The monoisotopic (exact) mass is 446 g/mol. The summed E-state index contributed by atoms with van der Waals surface area (Å²) in [5.74, 6) is 0. The number of benzene rings is 2. The lowest BCUT2D eigenvalue weighted by Gasteiger charge is -2.37. The highest BCUT2D eigenvalue weighted by Gasteiger charge is 2.36. The Bertz CT molecular complexity index is 1170. The average Bonchev–Trinajstić information content (AvgIpc) is 3.10. The third kappa shape index (κ3) is 4.25. The van der Waals surface area contributed by atoms with E-state index in [9.17, 15) is 9.90 Å². The first-order valence-electron chi connectivity index (χ1n) is 12.1. The molecule has 1 aliphatic heterocycles. The second-order valence-electron chi connectivity index (χ2n) is 9.68. The Morgan fingerprint density at radius 1 is 0.970 bits per heavy atom. The standard InChI is InChI=1S/C27H34N4O2/c1-21-20-30(15-12-22-6-3-4-7-25(22)29-18-16-28(2)17-19-29)26(32)31(21)24-10-8-23(9-11-24)27(33)13-5-14-27/h3-4,6-11,20,33H,5,12-19H2,1-2H3. The molecule has 1 aliphatic carbocycles. The maximum atomic E-state index is 13.2. The second kappa shape index (κ2) is 8.84. The Balaban J connectivity index is 1.33. The van der Waals surface area contributed by atoms with E-state index in [1.54, 1.807) is 4.57 Å². The zero-order chi connectivity index (χ0) is 23.0. The Kier molecular flexibility index (Phi) is 5.89. The van der Waals surface area contributed by atoms with Gasteiger partial charge < -0.3 is 14.9 Å². The average molecular weight is 447 g/mol.